The zero-order valence-corrected chi connectivity index (χ0v) is 15.9. The number of aryl methyl sites for hydroxylation is 1. The maximum absolute atomic E-state index is 13.0. The summed E-state index contributed by atoms with van der Waals surface area (Å²) in [6.07, 6.45) is 1.77. The number of hydrogen-bond donors (Lipinski definition) is 1. The molecule has 148 valence electrons. The van der Waals surface area contributed by atoms with Crippen LogP contribution in [0.1, 0.15) is 27.9 Å². The molecular weight excluding hydrogens is 369 g/mol. The van der Waals surface area contributed by atoms with Gasteiger partial charge in [-0.15, -0.1) is 0 Å². The standard InChI is InChI=1S/C24H22FNO3/c25-21-12-8-19(9-13-21)24(28)20-10-14-22(15-11-20)29-17-23(27)26-16-4-7-18-5-2-1-3-6-18/h1-3,5-6,8-15H,4,7,16-17H2,(H,26,27). The molecule has 0 unspecified atom stereocenters. The van der Waals surface area contributed by atoms with E-state index in [1.165, 1.54) is 29.8 Å². The average Bonchev–Trinajstić information content (AvgIpc) is 2.76. The van der Waals surface area contributed by atoms with Gasteiger partial charge in [0.15, 0.2) is 12.4 Å². The Kier molecular flexibility index (Phi) is 7.11. The summed E-state index contributed by atoms with van der Waals surface area (Å²) in [5, 5.41) is 2.83. The molecule has 0 fully saturated rings. The highest BCUT2D eigenvalue weighted by Crippen LogP contribution is 2.16. The smallest absolute Gasteiger partial charge is 0.257 e. The molecular formula is C24H22FNO3. The van der Waals surface area contributed by atoms with Gasteiger partial charge in [-0.2, -0.15) is 0 Å². The molecule has 4 nitrogen and oxygen atoms in total. The number of rotatable bonds is 9. The van der Waals surface area contributed by atoms with Crippen molar-refractivity contribution in [3.05, 3.63) is 101 Å². The molecule has 1 N–H and O–H groups in total. The molecule has 3 aromatic carbocycles. The molecule has 0 bridgehead atoms. The normalized spacial score (nSPS) is 10.4. The lowest BCUT2D eigenvalue weighted by Gasteiger charge is -2.08. The van der Waals surface area contributed by atoms with Gasteiger partial charge in [-0.3, -0.25) is 9.59 Å². The molecule has 0 radical (unpaired) electrons. The Bertz CT molecular complexity index is 938. The highest BCUT2D eigenvalue weighted by molar-refractivity contribution is 6.09. The predicted molar refractivity (Wildman–Crippen MR) is 110 cm³/mol. The van der Waals surface area contributed by atoms with Gasteiger partial charge in [0.25, 0.3) is 5.91 Å². The molecule has 29 heavy (non-hydrogen) atoms. The van der Waals surface area contributed by atoms with E-state index >= 15 is 0 Å². The minimum absolute atomic E-state index is 0.0867. The largest absolute Gasteiger partial charge is 0.484 e. The second-order valence-electron chi connectivity index (χ2n) is 6.59. The molecule has 3 rings (SSSR count). The summed E-state index contributed by atoms with van der Waals surface area (Å²) in [5.74, 6) is -0.277. The fraction of sp³-hybridized carbons (Fsp3) is 0.167. The molecule has 0 heterocycles. The van der Waals surface area contributed by atoms with Crippen molar-refractivity contribution in [2.75, 3.05) is 13.2 Å². The molecule has 0 aliphatic rings. The number of hydrogen-bond acceptors (Lipinski definition) is 3. The summed E-state index contributed by atoms with van der Waals surface area (Å²) in [6, 6.07) is 22.0. The number of carbonyl (C=O) groups is 2. The summed E-state index contributed by atoms with van der Waals surface area (Å²) >= 11 is 0. The lowest BCUT2D eigenvalue weighted by atomic mass is 10.0. The summed E-state index contributed by atoms with van der Waals surface area (Å²) in [4.78, 5) is 24.3. The predicted octanol–water partition coefficient (Wildman–Crippen LogP) is 4.18. The van der Waals surface area contributed by atoms with Gasteiger partial charge in [-0.25, -0.2) is 4.39 Å². The van der Waals surface area contributed by atoms with Crippen molar-refractivity contribution in [3.63, 3.8) is 0 Å². The molecule has 0 aliphatic heterocycles. The lowest BCUT2D eigenvalue weighted by Crippen LogP contribution is -2.29. The highest BCUT2D eigenvalue weighted by Gasteiger charge is 2.09. The van der Waals surface area contributed by atoms with Crippen LogP contribution in [0.2, 0.25) is 0 Å². The second kappa shape index (κ2) is 10.2. The van der Waals surface area contributed by atoms with Crippen LogP contribution in [-0.2, 0) is 11.2 Å². The number of halogens is 1. The van der Waals surface area contributed by atoms with Crippen LogP contribution in [0.15, 0.2) is 78.9 Å². The first kappa shape index (κ1) is 20.3. The van der Waals surface area contributed by atoms with Crippen molar-refractivity contribution in [3.8, 4) is 5.75 Å². The molecule has 0 aliphatic carbocycles. The minimum atomic E-state index is -0.386. The van der Waals surface area contributed by atoms with Crippen LogP contribution in [0.5, 0.6) is 5.75 Å². The molecule has 0 saturated heterocycles. The van der Waals surface area contributed by atoms with Gasteiger partial charge >= 0.3 is 0 Å². The van der Waals surface area contributed by atoms with Crippen molar-refractivity contribution >= 4 is 11.7 Å². The van der Waals surface area contributed by atoms with Gasteiger partial charge in [0.1, 0.15) is 11.6 Å². The molecule has 1 amide bonds. The summed E-state index contributed by atoms with van der Waals surface area (Å²) in [6.45, 7) is 0.499. The summed E-state index contributed by atoms with van der Waals surface area (Å²) in [7, 11) is 0. The second-order valence-corrected chi connectivity index (χ2v) is 6.59. The van der Waals surface area contributed by atoms with E-state index in [0.29, 0.717) is 23.4 Å². The van der Waals surface area contributed by atoms with Crippen molar-refractivity contribution in [1.82, 2.24) is 5.32 Å². The van der Waals surface area contributed by atoms with E-state index < -0.39 is 0 Å². The molecule has 0 saturated carbocycles. The van der Waals surface area contributed by atoms with Gasteiger partial charge in [0, 0.05) is 17.7 Å². The van der Waals surface area contributed by atoms with Gasteiger partial charge in [-0.1, -0.05) is 30.3 Å². The first-order chi connectivity index (χ1) is 14.1. The number of carbonyl (C=O) groups excluding carboxylic acids is 2. The maximum atomic E-state index is 13.0. The first-order valence-electron chi connectivity index (χ1n) is 9.45. The number of nitrogens with one attached hydrogen (secondary N) is 1. The Morgan fingerprint density at radius 2 is 1.45 bits per heavy atom. The quantitative estimate of drug-likeness (QED) is 0.440. The Morgan fingerprint density at radius 1 is 0.828 bits per heavy atom. The fourth-order valence-corrected chi connectivity index (χ4v) is 2.84. The van der Waals surface area contributed by atoms with Crippen molar-refractivity contribution in [1.29, 1.82) is 0 Å². The van der Waals surface area contributed by atoms with Crippen LogP contribution in [0.3, 0.4) is 0 Å². The van der Waals surface area contributed by atoms with Crippen LogP contribution in [0, 0.1) is 5.82 Å². The summed E-state index contributed by atoms with van der Waals surface area (Å²) < 4.78 is 18.4. The van der Waals surface area contributed by atoms with E-state index in [4.69, 9.17) is 4.74 Å². The number of ketones is 1. The summed E-state index contributed by atoms with van der Waals surface area (Å²) in [5.41, 5.74) is 2.12. The van der Waals surface area contributed by atoms with Gasteiger partial charge in [0.05, 0.1) is 0 Å². The molecule has 0 spiro atoms. The van der Waals surface area contributed by atoms with Crippen LogP contribution in [0.25, 0.3) is 0 Å². The fourth-order valence-electron chi connectivity index (χ4n) is 2.84. The van der Waals surface area contributed by atoms with Crippen LogP contribution < -0.4 is 10.1 Å². The maximum Gasteiger partial charge on any atom is 0.257 e. The van der Waals surface area contributed by atoms with E-state index in [-0.39, 0.29) is 24.1 Å². The van der Waals surface area contributed by atoms with Crippen molar-refractivity contribution in [2.24, 2.45) is 0 Å². The molecule has 3 aromatic rings. The lowest BCUT2D eigenvalue weighted by molar-refractivity contribution is -0.123. The Labute approximate surface area is 169 Å². The Morgan fingerprint density at radius 3 is 2.10 bits per heavy atom. The van der Waals surface area contributed by atoms with E-state index in [2.05, 4.69) is 17.4 Å². The first-order valence-corrected chi connectivity index (χ1v) is 9.45. The van der Waals surface area contributed by atoms with Crippen molar-refractivity contribution < 1.29 is 18.7 Å². The van der Waals surface area contributed by atoms with Crippen molar-refractivity contribution in [2.45, 2.75) is 12.8 Å². The van der Waals surface area contributed by atoms with E-state index in [1.54, 1.807) is 24.3 Å². The van der Waals surface area contributed by atoms with E-state index in [9.17, 15) is 14.0 Å². The minimum Gasteiger partial charge on any atom is -0.484 e. The third kappa shape index (κ3) is 6.28. The Balaban J connectivity index is 1.40. The zero-order chi connectivity index (χ0) is 20.5. The monoisotopic (exact) mass is 391 g/mol. The van der Waals surface area contributed by atoms with Crippen LogP contribution >= 0.6 is 0 Å². The molecule has 0 aromatic heterocycles. The zero-order valence-electron chi connectivity index (χ0n) is 15.9. The van der Waals surface area contributed by atoms with Crippen LogP contribution in [0.4, 0.5) is 4.39 Å². The number of benzene rings is 3. The van der Waals surface area contributed by atoms with Gasteiger partial charge < -0.3 is 10.1 Å². The van der Waals surface area contributed by atoms with E-state index in [0.717, 1.165) is 12.8 Å². The molecule has 0 atom stereocenters. The Hall–Kier alpha value is -3.47. The number of amides is 1. The van der Waals surface area contributed by atoms with Gasteiger partial charge in [-0.05, 0) is 66.9 Å². The average molecular weight is 391 g/mol. The van der Waals surface area contributed by atoms with Crippen LogP contribution in [-0.4, -0.2) is 24.8 Å². The van der Waals surface area contributed by atoms with E-state index in [1.807, 2.05) is 18.2 Å². The van der Waals surface area contributed by atoms with Gasteiger partial charge in [0.2, 0.25) is 0 Å². The highest BCUT2D eigenvalue weighted by atomic mass is 19.1. The number of ether oxygens (including phenoxy) is 1. The topological polar surface area (TPSA) is 55.4 Å². The third-order valence-corrected chi connectivity index (χ3v) is 4.40. The third-order valence-electron chi connectivity index (χ3n) is 4.40. The SMILES string of the molecule is O=C(COc1ccc(C(=O)c2ccc(F)cc2)cc1)NCCCc1ccccc1. The molecule has 5 heteroatoms.